The molecular formula is C18H15NO4. The minimum absolute atomic E-state index is 0.0340. The molecule has 1 aromatic heterocycles. The minimum atomic E-state index is -0.354. The van der Waals surface area contributed by atoms with Gasteiger partial charge in [-0.3, -0.25) is 9.78 Å². The van der Waals surface area contributed by atoms with Crippen LogP contribution in [-0.4, -0.2) is 29.1 Å². The highest BCUT2D eigenvalue weighted by Crippen LogP contribution is 2.55. The molecule has 2 bridgehead atoms. The quantitative estimate of drug-likeness (QED) is 0.797. The van der Waals surface area contributed by atoms with Crippen molar-refractivity contribution in [3.05, 3.63) is 42.1 Å². The number of esters is 2. The summed E-state index contributed by atoms with van der Waals surface area (Å²) in [6, 6.07) is 9.10. The summed E-state index contributed by atoms with van der Waals surface area (Å²) in [5.41, 5.74) is 1.35. The fraction of sp³-hybridized carbons (Fsp3) is 0.389. The number of carbonyl (C=O) groups is 2. The Bertz CT molecular complexity index is 833. The molecule has 0 N–H and O–H groups in total. The Kier molecular flexibility index (Phi) is 2.57. The van der Waals surface area contributed by atoms with Crippen LogP contribution in [0.15, 0.2) is 36.5 Å². The molecule has 23 heavy (non-hydrogen) atoms. The van der Waals surface area contributed by atoms with E-state index in [1.165, 1.54) is 0 Å². The van der Waals surface area contributed by atoms with Gasteiger partial charge in [-0.2, -0.15) is 0 Å². The monoisotopic (exact) mass is 309 g/mol. The molecule has 116 valence electrons. The third kappa shape index (κ3) is 1.82. The summed E-state index contributed by atoms with van der Waals surface area (Å²) in [6.45, 7) is 0. The summed E-state index contributed by atoms with van der Waals surface area (Å²) >= 11 is 0. The van der Waals surface area contributed by atoms with Crippen molar-refractivity contribution in [1.82, 2.24) is 4.98 Å². The van der Waals surface area contributed by atoms with Gasteiger partial charge >= 0.3 is 11.9 Å². The number of carbonyl (C=O) groups excluding carboxylic acids is 2. The van der Waals surface area contributed by atoms with Crippen LogP contribution in [0.3, 0.4) is 0 Å². The molecule has 2 heterocycles. The van der Waals surface area contributed by atoms with E-state index in [1.807, 2.05) is 18.2 Å². The number of hydrogen-bond acceptors (Lipinski definition) is 5. The maximum atomic E-state index is 12.5. The third-order valence-electron chi connectivity index (χ3n) is 5.50. The van der Waals surface area contributed by atoms with Crippen molar-refractivity contribution in [2.24, 2.45) is 17.8 Å². The van der Waals surface area contributed by atoms with E-state index in [0.29, 0.717) is 5.56 Å². The zero-order chi connectivity index (χ0) is 15.6. The van der Waals surface area contributed by atoms with Crippen LogP contribution in [0.2, 0.25) is 0 Å². The Labute approximate surface area is 132 Å². The number of rotatable bonds is 2. The fourth-order valence-electron chi connectivity index (χ4n) is 4.46. The Hall–Kier alpha value is -2.43. The molecule has 2 aromatic rings. The second kappa shape index (κ2) is 4.54. The molecule has 1 aliphatic heterocycles. The molecule has 1 aromatic carbocycles. The first-order valence-corrected chi connectivity index (χ1v) is 7.97. The zero-order valence-corrected chi connectivity index (χ0v) is 12.3. The topological polar surface area (TPSA) is 65.5 Å². The van der Waals surface area contributed by atoms with Crippen molar-refractivity contribution in [3.63, 3.8) is 0 Å². The Morgan fingerprint density at radius 1 is 1.26 bits per heavy atom. The molecule has 2 saturated carbocycles. The second-order valence-electron chi connectivity index (χ2n) is 6.68. The number of benzene rings is 1. The van der Waals surface area contributed by atoms with Crippen LogP contribution in [-0.2, 0) is 14.3 Å². The first kappa shape index (κ1) is 13.0. The number of fused-ring (bicyclic) bond motifs is 2. The number of ether oxygens (including phenoxy) is 2. The number of pyridine rings is 1. The van der Waals surface area contributed by atoms with E-state index >= 15 is 0 Å². The SMILES string of the molecule is O=C(O[C@@H]1[C@@H]2C[C@@H]3[C@H]1OC(=O)[C@H]3C2)c1ccc2ncccc2c1. The standard InChI is InChI=1S/C18H15NO4/c20-17(10-3-4-14-9(6-10)2-1-5-19-14)22-15-11-7-12-13(8-11)18(21)23-16(12)15/h1-6,11-13,15-16H,7-8H2/t11-,12+,13+,15-,16-/m1/s1. The van der Waals surface area contributed by atoms with E-state index in [1.54, 1.807) is 18.3 Å². The van der Waals surface area contributed by atoms with E-state index in [-0.39, 0.29) is 41.9 Å². The minimum Gasteiger partial charge on any atom is -0.458 e. The molecule has 1 saturated heterocycles. The Balaban J connectivity index is 1.40. The van der Waals surface area contributed by atoms with Gasteiger partial charge in [0.2, 0.25) is 0 Å². The molecule has 5 rings (SSSR count). The molecular weight excluding hydrogens is 294 g/mol. The van der Waals surface area contributed by atoms with Crippen molar-refractivity contribution < 1.29 is 19.1 Å². The van der Waals surface area contributed by atoms with Gasteiger partial charge in [0, 0.05) is 23.4 Å². The van der Waals surface area contributed by atoms with Crippen LogP contribution in [0.5, 0.6) is 0 Å². The number of nitrogens with zero attached hydrogens (tertiary/aromatic N) is 1. The predicted octanol–water partition coefficient (Wildman–Crippen LogP) is 2.34. The normalized spacial score (nSPS) is 33.9. The van der Waals surface area contributed by atoms with Crippen LogP contribution < -0.4 is 0 Å². The number of hydrogen-bond donors (Lipinski definition) is 0. The van der Waals surface area contributed by atoms with Crippen LogP contribution in [0.4, 0.5) is 0 Å². The lowest BCUT2D eigenvalue weighted by Gasteiger charge is -2.25. The highest BCUT2D eigenvalue weighted by molar-refractivity contribution is 5.94. The average molecular weight is 309 g/mol. The lowest BCUT2D eigenvalue weighted by atomic mass is 9.88. The lowest BCUT2D eigenvalue weighted by Crippen LogP contribution is -2.36. The van der Waals surface area contributed by atoms with Gasteiger partial charge in [0.25, 0.3) is 0 Å². The van der Waals surface area contributed by atoms with E-state index < -0.39 is 0 Å². The summed E-state index contributed by atoms with van der Waals surface area (Å²) in [6.07, 6.45) is 2.91. The summed E-state index contributed by atoms with van der Waals surface area (Å²) in [5, 5.41) is 0.905. The van der Waals surface area contributed by atoms with Crippen molar-refractivity contribution >= 4 is 22.8 Å². The van der Waals surface area contributed by atoms with Crippen LogP contribution in [0.25, 0.3) is 10.9 Å². The molecule has 5 atom stereocenters. The third-order valence-corrected chi connectivity index (χ3v) is 5.50. The van der Waals surface area contributed by atoms with E-state index in [4.69, 9.17) is 9.47 Å². The lowest BCUT2D eigenvalue weighted by molar-refractivity contribution is -0.146. The van der Waals surface area contributed by atoms with E-state index in [2.05, 4.69) is 4.98 Å². The fourth-order valence-corrected chi connectivity index (χ4v) is 4.46. The smallest absolute Gasteiger partial charge is 0.338 e. The summed E-state index contributed by atoms with van der Waals surface area (Å²) in [7, 11) is 0. The van der Waals surface area contributed by atoms with Crippen LogP contribution >= 0.6 is 0 Å². The molecule has 0 spiro atoms. The van der Waals surface area contributed by atoms with Crippen molar-refractivity contribution in [1.29, 1.82) is 0 Å². The number of aromatic nitrogens is 1. The van der Waals surface area contributed by atoms with E-state index in [9.17, 15) is 9.59 Å². The average Bonchev–Trinajstić information content (AvgIpc) is 3.19. The Morgan fingerprint density at radius 3 is 3.09 bits per heavy atom. The maximum absolute atomic E-state index is 12.5. The van der Waals surface area contributed by atoms with Gasteiger partial charge in [-0.05, 0) is 37.1 Å². The molecule has 0 amide bonds. The Morgan fingerprint density at radius 2 is 2.17 bits per heavy atom. The van der Waals surface area contributed by atoms with Crippen LogP contribution in [0.1, 0.15) is 23.2 Å². The van der Waals surface area contributed by atoms with Gasteiger partial charge in [-0.25, -0.2) is 4.79 Å². The molecule has 5 nitrogen and oxygen atoms in total. The van der Waals surface area contributed by atoms with Gasteiger partial charge < -0.3 is 9.47 Å². The summed E-state index contributed by atoms with van der Waals surface area (Å²) < 4.78 is 11.2. The molecule has 2 aliphatic carbocycles. The maximum Gasteiger partial charge on any atom is 0.338 e. The first-order chi connectivity index (χ1) is 11.2. The van der Waals surface area contributed by atoms with Crippen molar-refractivity contribution in [2.75, 3.05) is 0 Å². The first-order valence-electron chi connectivity index (χ1n) is 7.97. The zero-order valence-electron chi connectivity index (χ0n) is 12.3. The molecule has 0 radical (unpaired) electrons. The van der Waals surface area contributed by atoms with Crippen molar-refractivity contribution in [3.8, 4) is 0 Å². The molecule has 0 unspecified atom stereocenters. The van der Waals surface area contributed by atoms with Gasteiger partial charge in [0.1, 0.15) is 12.2 Å². The van der Waals surface area contributed by atoms with Gasteiger partial charge in [0.05, 0.1) is 17.0 Å². The molecule has 3 aliphatic rings. The second-order valence-corrected chi connectivity index (χ2v) is 6.68. The van der Waals surface area contributed by atoms with Gasteiger partial charge in [-0.15, -0.1) is 0 Å². The molecule has 3 fully saturated rings. The highest BCUT2D eigenvalue weighted by atomic mass is 16.6. The summed E-state index contributed by atoms with van der Waals surface area (Å²) in [4.78, 5) is 28.5. The van der Waals surface area contributed by atoms with E-state index in [0.717, 1.165) is 23.7 Å². The highest BCUT2D eigenvalue weighted by Gasteiger charge is 2.63. The van der Waals surface area contributed by atoms with Crippen molar-refractivity contribution in [2.45, 2.75) is 25.0 Å². The predicted molar refractivity (Wildman–Crippen MR) is 80.5 cm³/mol. The summed E-state index contributed by atoms with van der Waals surface area (Å²) in [5.74, 6) is 0.0657. The largest absolute Gasteiger partial charge is 0.458 e. The van der Waals surface area contributed by atoms with Gasteiger partial charge in [0.15, 0.2) is 0 Å². The van der Waals surface area contributed by atoms with Gasteiger partial charge in [-0.1, -0.05) is 6.07 Å². The van der Waals surface area contributed by atoms with Crippen LogP contribution in [0, 0.1) is 17.8 Å². The molecule has 5 heteroatoms.